The molecule has 2 heterocycles. The molecule has 0 aliphatic carbocycles. The summed E-state index contributed by atoms with van der Waals surface area (Å²) in [5.74, 6) is 0. The van der Waals surface area contributed by atoms with Gasteiger partial charge < -0.3 is 9.66 Å². The van der Waals surface area contributed by atoms with Crippen molar-refractivity contribution in [3.8, 4) is 11.3 Å². The Bertz CT molecular complexity index is 1420. The molecule has 2 aromatic heterocycles. The molecule has 4 nitrogen and oxygen atoms in total. The van der Waals surface area contributed by atoms with E-state index >= 15 is 0 Å². The van der Waals surface area contributed by atoms with Crippen LogP contribution >= 0.6 is 22.9 Å². The molecule has 3 unspecified atom stereocenters. The predicted molar refractivity (Wildman–Crippen MR) is 145 cm³/mol. The lowest BCUT2D eigenvalue weighted by Gasteiger charge is -2.28. The van der Waals surface area contributed by atoms with Gasteiger partial charge in [0.05, 0.1) is 5.69 Å². The molecule has 3 atom stereocenters. The van der Waals surface area contributed by atoms with E-state index in [1.807, 2.05) is 51.1 Å². The van der Waals surface area contributed by atoms with Crippen molar-refractivity contribution in [2.45, 2.75) is 50.3 Å². The standard InChI is InChI=1S/C27H26ClF3N2O2S2/c1-25(2,3)37(35)33-23(18-9-5-6-11-20(18)28)22-14-16-8-7-10-19(24(16)36-22)21-15-17(12-13-32-21)26(4,34)27(29,30)31/h5-15,23,33-34H,1-4H3. The molecule has 0 saturated carbocycles. The zero-order chi connectivity index (χ0) is 27.2. The van der Waals surface area contributed by atoms with E-state index < -0.39 is 33.9 Å². The van der Waals surface area contributed by atoms with Gasteiger partial charge in [0.25, 0.3) is 0 Å². The Labute approximate surface area is 225 Å². The van der Waals surface area contributed by atoms with Crippen LogP contribution in [-0.4, -0.2) is 25.6 Å². The smallest absolute Gasteiger partial charge is 0.421 e. The van der Waals surface area contributed by atoms with Crippen molar-refractivity contribution in [3.05, 3.63) is 87.9 Å². The minimum atomic E-state index is -4.84. The number of thiophene rings is 1. The SMILES string of the molecule is CC(C)(C)[S+]([O-])NC(c1cc2cccc(-c3cc(C(C)(O)C(F)(F)F)ccn3)c2s1)c1ccccc1Cl. The Morgan fingerprint density at radius 3 is 2.38 bits per heavy atom. The third-order valence-electron chi connectivity index (χ3n) is 5.99. The first-order valence-corrected chi connectivity index (χ1v) is 13.8. The van der Waals surface area contributed by atoms with Gasteiger partial charge in [-0.2, -0.15) is 13.2 Å². The van der Waals surface area contributed by atoms with Gasteiger partial charge in [0, 0.05) is 37.7 Å². The Balaban J connectivity index is 1.84. The highest BCUT2D eigenvalue weighted by Crippen LogP contribution is 2.42. The molecule has 0 aliphatic heterocycles. The van der Waals surface area contributed by atoms with Crippen LogP contribution in [0.2, 0.25) is 5.02 Å². The Hall–Kier alpha value is -2.14. The molecule has 2 aromatic carbocycles. The Morgan fingerprint density at radius 1 is 1.03 bits per heavy atom. The first-order valence-electron chi connectivity index (χ1n) is 11.4. The van der Waals surface area contributed by atoms with Gasteiger partial charge in [0.15, 0.2) is 5.60 Å². The van der Waals surface area contributed by atoms with Crippen molar-refractivity contribution in [2.75, 3.05) is 0 Å². The number of hydrogen-bond donors (Lipinski definition) is 2. The zero-order valence-corrected chi connectivity index (χ0v) is 22.9. The third-order valence-corrected chi connectivity index (χ3v) is 9.15. The van der Waals surface area contributed by atoms with Gasteiger partial charge in [-0.15, -0.1) is 16.1 Å². The second-order valence-electron chi connectivity index (χ2n) is 9.83. The summed E-state index contributed by atoms with van der Waals surface area (Å²) in [5, 5.41) is 11.6. The number of alkyl halides is 3. The van der Waals surface area contributed by atoms with Crippen LogP contribution in [0.4, 0.5) is 13.2 Å². The van der Waals surface area contributed by atoms with Crippen LogP contribution in [0.15, 0.2) is 66.9 Å². The van der Waals surface area contributed by atoms with Gasteiger partial charge in [-0.3, -0.25) is 4.98 Å². The Morgan fingerprint density at radius 2 is 1.73 bits per heavy atom. The van der Waals surface area contributed by atoms with E-state index in [2.05, 4.69) is 9.71 Å². The molecule has 4 aromatic rings. The first-order chi connectivity index (χ1) is 17.2. The quantitative estimate of drug-likeness (QED) is 0.237. The predicted octanol–water partition coefficient (Wildman–Crippen LogP) is 7.53. The number of halogens is 4. The van der Waals surface area contributed by atoms with E-state index in [-0.39, 0.29) is 5.56 Å². The highest BCUT2D eigenvalue weighted by molar-refractivity contribution is 7.90. The van der Waals surface area contributed by atoms with Crippen LogP contribution in [0.3, 0.4) is 0 Å². The van der Waals surface area contributed by atoms with Crippen LogP contribution < -0.4 is 4.72 Å². The summed E-state index contributed by atoms with van der Waals surface area (Å²) < 4.78 is 57.0. The topological polar surface area (TPSA) is 68.2 Å². The van der Waals surface area contributed by atoms with E-state index in [1.54, 1.807) is 18.2 Å². The fourth-order valence-electron chi connectivity index (χ4n) is 3.74. The lowest BCUT2D eigenvalue weighted by molar-refractivity contribution is -0.258. The number of aromatic nitrogens is 1. The van der Waals surface area contributed by atoms with E-state index in [0.29, 0.717) is 16.3 Å². The summed E-state index contributed by atoms with van der Waals surface area (Å²) in [4.78, 5) is 5.14. The van der Waals surface area contributed by atoms with Crippen molar-refractivity contribution in [2.24, 2.45) is 0 Å². The van der Waals surface area contributed by atoms with Crippen LogP contribution in [0.5, 0.6) is 0 Å². The van der Waals surface area contributed by atoms with Gasteiger partial charge >= 0.3 is 6.18 Å². The molecule has 4 rings (SSSR count). The van der Waals surface area contributed by atoms with Gasteiger partial charge in [0.2, 0.25) is 0 Å². The van der Waals surface area contributed by atoms with Gasteiger partial charge in [-0.05, 0) is 68.5 Å². The number of nitrogens with one attached hydrogen (secondary N) is 1. The van der Waals surface area contributed by atoms with Crippen molar-refractivity contribution < 1.29 is 22.8 Å². The zero-order valence-electron chi connectivity index (χ0n) is 20.6. The molecule has 0 saturated heterocycles. The molecule has 37 heavy (non-hydrogen) atoms. The van der Waals surface area contributed by atoms with Crippen molar-refractivity contribution >= 4 is 44.4 Å². The summed E-state index contributed by atoms with van der Waals surface area (Å²) >= 11 is 6.54. The minimum Gasteiger partial charge on any atom is -0.598 e. The summed E-state index contributed by atoms with van der Waals surface area (Å²) in [6.45, 7) is 6.34. The third kappa shape index (κ3) is 5.67. The monoisotopic (exact) mass is 566 g/mol. The average molecular weight is 567 g/mol. The molecule has 0 spiro atoms. The van der Waals surface area contributed by atoms with Crippen LogP contribution in [0.25, 0.3) is 21.3 Å². The lowest BCUT2D eigenvalue weighted by Crippen LogP contribution is -2.41. The fourth-order valence-corrected chi connectivity index (χ4v) is 6.13. The molecule has 2 N–H and O–H groups in total. The maximum absolute atomic E-state index is 13.5. The van der Waals surface area contributed by atoms with Gasteiger partial charge in [0.1, 0.15) is 10.8 Å². The molecular formula is C27H26ClF3N2O2S2. The van der Waals surface area contributed by atoms with E-state index in [0.717, 1.165) is 33.5 Å². The van der Waals surface area contributed by atoms with E-state index in [1.165, 1.54) is 23.6 Å². The number of hydrogen-bond acceptors (Lipinski definition) is 5. The number of aliphatic hydroxyl groups is 1. The molecular weight excluding hydrogens is 541 g/mol. The number of fused-ring (bicyclic) bond motifs is 1. The van der Waals surface area contributed by atoms with Crippen molar-refractivity contribution in [3.63, 3.8) is 0 Å². The second-order valence-corrected chi connectivity index (χ2v) is 13.3. The van der Waals surface area contributed by atoms with Gasteiger partial charge in [-0.25, -0.2) is 0 Å². The van der Waals surface area contributed by atoms with E-state index in [4.69, 9.17) is 11.6 Å². The molecule has 0 fully saturated rings. The molecule has 0 amide bonds. The van der Waals surface area contributed by atoms with Crippen LogP contribution in [0, 0.1) is 0 Å². The second kappa shape index (κ2) is 10.2. The van der Waals surface area contributed by atoms with Crippen molar-refractivity contribution in [1.82, 2.24) is 9.71 Å². The summed E-state index contributed by atoms with van der Waals surface area (Å²) in [6.07, 6.45) is -3.58. The van der Waals surface area contributed by atoms with E-state index in [9.17, 15) is 22.8 Å². The maximum Gasteiger partial charge on any atom is 0.421 e. The van der Waals surface area contributed by atoms with Gasteiger partial charge in [-0.1, -0.05) is 48.0 Å². The highest BCUT2D eigenvalue weighted by Gasteiger charge is 2.51. The molecule has 0 bridgehead atoms. The summed E-state index contributed by atoms with van der Waals surface area (Å²) in [6, 6.07) is 16.7. The largest absolute Gasteiger partial charge is 0.598 e. The average Bonchev–Trinajstić information content (AvgIpc) is 3.26. The molecule has 0 radical (unpaired) electrons. The summed E-state index contributed by atoms with van der Waals surface area (Å²) in [7, 11) is 0. The molecule has 196 valence electrons. The van der Waals surface area contributed by atoms with Crippen LogP contribution in [0.1, 0.15) is 49.7 Å². The highest BCUT2D eigenvalue weighted by atomic mass is 35.5. The minimum absolute atomic E-state index is 0.296. The fraction of sp³-hybridized carbons (Fsp3) is 0.296. The maximum atomic E-state index is 13.5. The number of pyridine rings is 1. The number of rotatable bonds is 6. The molecule has 10 heteroatoms. The Kier molecular flexibility index (Phi) is 7.69. The van der Waals surface area contributed by atoms with Crippen molar-refractivity contribution in [1.29, 1.82) is 0 Å². The number of benzene rings is 2. The summed E-state index contributed by atoms with van der Waals surface area (Å²) in [5.41, 5.74) is -1.62. The molecule has 0 aliphatic rings. The first kappa shape index (κ1) is 27.9. The van der Waals surface area contributed by atoms with Crippen LogP contribution in [-0.2, 0) is 17.0 Å². The number of nitrogens with zero attached hydrogens (tertiary/aromatic N) is 1. The normalized spacial score (nSPS) is 15.9. The lowest BCUT2D eigenvalue weighted by atomic mass is 9.94.